The number of hydrogen-bond donors (Lipinski definition) is 0. The third-order valence-corrected chi connectivity index (χ3v) is 2.20. The van der Waals surface area contributed by atoms with E-state index in [4.69, 9.17) is 5.26 Å². The molecule has 2 aromatic heterocycles. The molecular weight excluding hydrogens is 174 g/mol. The first-order valence-corrected chi connectivity index (χ1v) is 4.61. The molecular formula is C11H11N3. The van der Waals surface area contributed by atoms with Crippen LogP contribution < -0.4 is 0 Å². The lowest BCUT2D eigenvalue weighted by Crippen LogP contribution is -1.95. The van der Waals surface area contributed by atoms with Crippen molar-refractivity contribution in [2.75, 3.05) is 0 Å². The van der Waals surface area contributed by atoms with Gasteiger partial charge in [-0.15, -0.1) is 0 Å². The van der Waals surface area contributed by atoms with Crippen LogP contribution in [-0.4, -0.2) is 9.38 Å². The van der Waals surface area contributed by atoms with Crippen LogP contribution in [0.3, 0.4) is 0 Å². The lowest BCUT2D eigenvalue weighted by atomic mass is 10.2. The monoisotopic (exact) mass is 185 g/mol. The highest BCUT2D eigenvalue weighted by Crippen LogP contribution is 2.18. The van der Waals surface area contributed by atoms with Crippen molar-refractivity contribution in [2.24, 2.45) is 0 Å². The van der Waals surface area contributed by atoms with E-state index in [9.17, 15) is 0 Å². The first kappa shape index (κ1) is 8.76. The van der Waals surface area contributed by atoms with Crippen LogP contribution in [0.2, 0.25) is 0 Å². The predicted octanol–water partition coefficient (Wildman–Crippen LogP) is 2.33. The van der Waals surface area contributed by atoms with Crippen LogP contribution >= 0.6 is 0 Å². The molecule has 2 aromatic rings. The minimum Gasteiger partial charge on any atom is -0.302 e. The molecule has 0 bridgehead atoms. The number of rotatable bonds is 1. The van der Waals surface area contributed by atoms with Crippen molar-refractivity contribution in [3.05, 3.63) is 35.9 Å². The topological polar surface area (TPSA) is 41.1 Å². The van der Waals surface area contributed by atoms with Gasteiger partial charge in [-0.3, -0.25) is 0 Å². The van der Waals surface area contributed by atoms with Crippen LogP contribution in [0.5, 0.6) is 0 Å². The molecule has 0 radical (unpaired) electrons. The third-order valence-electron chi connectivity index (χ3n) is 2.20. The van der Waals surface area contributed by atoms with Crippen molar-refractivity contribution in [3.8, 4) is 6.07 Å². The Bertz CT molecular complexity index is 503. The van der Waals surface area contributed by atoms with Gasteiger partial charge in [0.1, 0.15) is 11.9 Å². The second-order valence-corrected chi connectivity index (χ2v) is 3.54. The van der Waals surface area contributed by atoms with Gasteiger partial charge in [-0.1, -0.05) is 19.9 Å². The van der Waals surface area contributed by atoms with Crippen LogP contribution in [0.15, 0.2) is 24.4 Å². The molecule has 0 unspecified atom stereocenters. The van der Waals surface area contributed by atoms with Crippen LogP contribution in [0.4, 0.5) is 0 Å². The summed E-state index contributed by atoms with van der Waals surface area (Å²) < 4.78 is 1.98. The summed E-state index contributed by atoms with van der Waals surface area (Å²) in [5.74, 6) is 1.27. The van der Waals surface area contributed by atoms with Crippen LogP contribution in [0.1, 0.15) is 31.3 Å². The van der Waals surface area contributed by atoms with Crippen molar-refractivity contribution >= 4 is 5.52 Å². The van der Waals surface area contributed by atoms with Crippen LogP contribution in [-0.2, 0) is 0 Å². The first-order valence-electron chi connectivity index (χ1n) is 4.61. The highest BCUT2D eigenvalue weighted by Gasteiger charge is 2.11. The average Bonchev–Trinajstić information content (AvgIpc) is 2.56. The summed E-state index contributed by atoms with van der Waals surface area (Å²) in [5, 5.41) is 8.90. The van der Waals surface area contributed by atoms with Gasteiger partial charge in [-0.25, -0.2) is 4.98 Å². The van der Waals surface area contributed by atoms with E-state index in [2.05, 4.69) is 24.9 Å². The molecule has 0 N–H and O–H groups in total. The van der Waals surface area contributed by atoms with Gasteiger partial charge in [0, 0.05) is 12.1 Å². The summed E-state index contributed by atoms with van der Waals surface area (Å²) in [6.07, 6.45) is 1.94. The molecule has 2 heterocycles. The van der Waals surface area contributed by atoms with Crippen molar-refractivity contribution in [2.45, 2.75) is 19.8 Å². The van der Waals surface area contributed by atoms with Gasteiger partial charge in [0.15, 0.2) is 5.69 Å². The van der Waals surface area contributed by atoms with Gasteiger partial charge < -0.3 is 4.40 Å². The Morgan fingerprint density at radius 2 is 2.21 bits per heavy atom. The molecule has 0 saturated carbocycles. The first-order chi connectivity index (χ1) is 6.74. The molecule has 3 nitrogen and oxygen atoms in total. The summed E-state index contributed by atoms with van der Waals surface area (Å²) in [4.78, 5) is 4.31. The summed E-state index contributed by atoms with van der Waals surface area (Å²) in [5.41, 5.74) is 1.40. The van der Waals surface area contributed by atoms with Gasteiger partial charge in [0.25, 0.3) is 0 Å². The SMILES string of the molecule is CC(C)c1nc(C#N)c2ccccn12. The van der Waals surface area contributed by atoms with E-state index < -0.39 is 0 Å². The molecule has 0 amide bonds. The van der Waals surface area contributed by atoms with E-state index in [1.54, 1.807) is 0 Å². The minimum absolute atomic E-state index is 0.326. The van der Waals surface area contributed by atoms with Crippen molar-refractivity contribution in [1.82, 2.24) is 9.38 Å². The Balaban J connectivity index is 2.82. The van der Waals surface area contributed by atoms with Gasteiger partial charge >= 0.3 is 0 Å². The molecule has 14 heavy (non-hydrogen) atoms. The van der Waals surface area contributed by atoms with E-state index in [0.29, 0.717) is 11.6 Å². The molecule has 0 spiro atoms. The van der Waals surface area contributed by atoms with E-state index >= 15 is 0 Å². The van der Waals surface area contributed by atoms with Crippen LogP contribution in [0.25, 0.3) is 5.52 Å². The minimum atomic E-state index is 0.326. The van der Waals surface area contributed by atoms with E-state index in [1.165, 1.54) is 0 Å². The maximum Gasteiger partial charge on any atom is 0.166 e. The zero-order valence-electron chi connectivity index (χ0n) is 8.23. The number of fused-ring (bicyclic) bond motifs is 1. The summed E-state index contributed by atoms with van der Waals surface area (Å²) >= 11 is 0. The fourth-order valence-corrected chi connectivity index (χ4v) is 1.55. The zero-order valence-corrected chi connectivity index (χ0v) is 8.23. The predicted molar refractivity (Wildman–Crippen MR) is 54.0 cm³/mol. The third kappa shape index (κ3) is 1.16. The average molecular weight is 185 g/mol. The zero-order chi connectivity index (χ0) is 10.1. The maximum absolute atomic E-state index is 8.90. The van der Waals surface area contributed by atoms with E-state index in [1.807, 2.05) is 28.8 Å². The van der Waals surface area contributed by atoms with Gasteiger partial charge in [0.2, 0.25) is 0 Å². The normalized spacial score (nSPS) is 10.7. The molecule has 70 valence electrons. The van der Waals surface area contributed by atoms with Crippen molar-refractivity contribution in [1.29, 1.82) is 5.26 Å². The second kappa shape index (κ2) is 3.15. The molecule has 0 fully saturated rings. The summed E-state index contributed by atoms with van der Waals surface area (Å²) in [6.45, 7) is 4.14. The molecule has 0 aromatic carbocycles. The molecule has 0 aliphatic heterocycles. The molecule has 0 saturated heterocycles. The molecule has 0 aliphatic rings. The number of imidazole rings is 1. The largest absolute Gasteiger partial charge is 0.302 e. The lowest BCUT2D eigenvalue weighted by molar-refractivity contribution is 0.769. The highest BCUT2D eigenvalue weighted by atomic mass is 15.0. The Hall–Kier alpha value is -1.82. The Kier molecular flexibility index (Phi) is 1.97. The standard InChI is InChI=1S/C11H11N3/c1-8(2)11-13-9(7-12)10-5-3-4-6-14(10)11/h3-6,8H,1-2H3. The summed E-state index contributed by atoms with van der Waals surface area (Å²) in [6, 6.07) is 7.89. The number of pyridine rings is 1. The van der Waals surface area contributed by atoms with Crippen LogP contribution in [0, 0.1) is 11.3 Å². The van der Waals surface area contributed by atoms with E-state index in [-0.39, 0.29) is 0 Å². The highest BCUT2D eigenvalue weighted by molar-refractivity contribution is 5.58. The van der Waals surface area contributed by atoms with Gasteiger partial charge in [0.05, 0.1) is 5.52 Å². The van der Waals surface area contributed by atoms with Crippen molar-refractivity contribution < 1.29 is 0 Å². The second-order valence-electron chi connectivity index (χ2n) is 3.54. The number of nitriles is 1. The lowest BCUT2D eigenvalue weighted by Gasteiger charge is -2.02. The van der Waals surface area contributed by atoms with Crippen molar-refractivity contribution in [3.63, 3.8) is 0 Å². The Labute approximate surface area is 82.6 Å². The van der Waals surface area contributed by atoms with Gasteiger partial charge in [-0.05, 0) is 12.1 Å². The number of aromatic nitrogens is 2. The molecule has 0 atom stereocenters. The Morgan fingerprint density at radius 1 is 1.43 bits per heavy atom. The molecule has 2 rings (SSSR count). The number of nitrogens with zero attached hydrogens (tertiary/aromatic N) is 3. The molecule has 0 aliphatic carbocycles. The van der Waals surface area contributed by atoms with Gasteiger partial charge in [-0.2, -0.15) is 5.26 Å². The Morgan fingerprint density at radius 3 is 2.86 bits per heavy atom. The fourth-order valence-electron chi connectivity index (χ4n) is 1.55. The number of hydrogen-bond acceptors (Lipinski definition) is 2. The molecule has 3 heteroatoms. The van der Waals surface area contributed by atoms with E-state index in [0.717, 1.165) is 11.3 Å². The fraction of sp³-hybridized carbons (Fsp3) is 0.273. The summed E-state index contributed by atoms with van der Waals surface area (Å²) in [7, 11) is 0. The quantitative estimate of drug-likeness (QED) is 0.684. The maximum atomic E-state index is 8.90. The smallest absolute Gasteiger partial charge is 0.166 e.